The van der Waals surface area contributed by atoms with E-state index in [0.29, 0.717) is 19.5 Å². The Morgan fingerprint density at radius 1 is 0.933 bits per heavy atom. The highest BCUT2D eigenvalue weighted by molar-refractivity contribution is 5.92. The van der Waals surface area contributed by atoms with Gasteiger partial charge in [-0.05, 0) is 17.5 Å². The molecule has 0 spiro atoms. The van der Waals surface area contributed by atoms with Crippen LogP contribution in [0.4, 0.5) is 0 Å². The molecule has 2 amide bonds. The summed E-state index contributed by atoms with van der Waals surface area (Å²) in [5, 5.41) is 11.1. The smallest absolute Gasteiger partial charge is 0.226 e. The molecule has 1 saturated heterocycles. The van der Waals surface area contributed by atoms with E-state index < -0.39 is 0 Å². The van der Waals surface area contributed by atoms with E-state index in [9.17, 15) is 9.59 Å². The van der Waals surface area contributed by atoms with E-state index in [-0.39, 0.29) is 36.2 Å². The van der Waals surface area contributed by atoms with Crippen molar-refractivity contribution in [2.45, 2.75) is 12.5 Å². The first-order valence-corrected chi connectivity index (χ1v) is 10.5. The predicted molar refractivity (Wildman–Crippen MR) is 113 cm³/mol. The van der Waals surface area contributed by atoms with Crippen LogP contribution < -0.4 is 5.32 Å². The molecular formula is C24H26N4O2. The minimum absolute atomic E-state index is 0.00468. The van der Waals surface area contributed by atoms with E-state index >= 15 is 0 Å². The maximum absolute atomic E-state index is 12.8. The average molecular weight is 402 g/mol. The van der Waals surface area contributed by atoms with Gasteiger partial charge in [0.2, 0.25) is 11.8 Å². The van der Waals surface area contributed by atoms with Gasteiger partial charge in [0.15, 0.2) is 0 Å². The van der Waals surface area contributed by atoms with Crippen molar-refractivity contribution in [1.82, 2.24) is 15.1 Å². The summed E-state index contributed by atoms with van der Waals surface area (Å²) in [7, 11) is 0. The zero-order chi connectivity index (χ0) is 20.9. The van der Waals surface area contributed by atoms with Gasteiger partial charge >= 0.3 is 0 Å². The third-order valence-electron chi connectivity index (χ3n) is 6.01. The minimum Gasteiger partial charge on any atom is -0.343 e. The van der Waals surface area contributed by atoms with Crippen LogP contribution in [-0.2, 0) is 9.59 Å². The number of amides is 2. The van der Waals surface area contributed by atoms with E-state index in [2.05, 4.69) is 58.7 Å². The molecule has 0 radical (unpaired) electrons. The molecule has 2 aromatic carbocycles. The quantitative estimate of drug-likeness (QED) is 0.752. The number of carbonyl (C=O) groups excluding carboxylic acids is 2. The topological polar surface area (TPSA) is 76.4 Å². The van der Waals surface area contributed by atoms with Crippen molar-refractivity contribution in [1.29, 1.82) is 5.26 Å². The second-order valence-corrected chi connectivity index (χ2v) is 7.91. The number of hydrogen-bond donors (Lipinski definition) is 1. The molecule has 2 aliphatic rings. The SMILES string of the molecule is N#CCNC(=O)[C@H]1C[C@@H]1C(=O)N1CCN(C(c2ccccc2)c2ccccc2)CC1. The van der Waals surface area contributed by atoms with E-state index in [1.807, 2.05) is 23.1 Å². The number of nitrogens with zero attached hydrogens (tertiary/aromatic N) is 3. The Hall–Kier alpha value is -3.17. The van der Waals surface area contributed by atoms with Crippen molar-refractivity contribution in [2.75, 3.05) is 32.7 Å². The van der Waals surface area contributed by atoms with Gasteiger partial charge in [0.1, 0.15) is 6.54 Å². The summed E-state index contributed by atoms with van der Waals surface area (Å²) in [6, 6.07) is 23.0. The summed E-state index contributed by atoms with van der Waals surface area (Å²) in [6.07, 6.45) is 0.590. The molecule has 30 heavy (non-hydrogen) atoms. The van der Waals surface area contributed by atoms with Crippen LogP contribution in [0.3, 0.4) is 0 Å². The van der Waals surface area contributed by atoms with E-state index in [1.54, 1.807) is 0 Å². The van der Waals surface area contributed by atoms with Crippen LogP contribution in [0.5, 0.6) is 0 Å². The molecule has 154 valence electrons. The lowest BCUT2D eigenvalue weighted by Crippen LogP contribution is -2.50. The first-order chi connectivity index (χ1) is 14.7. The Balaban J connectivity index is 1.39. The highest BCUT2D eigenvalue weighted by atomic mass is 16.2. The van der Waals surface area contributed by atoms with E-state index in [1.165, 1.54) is 11.1 Å². The Morgan fingerprint density at radius 2 is 1.50 bits per heavy atom. The molecule has 4 rings (SSSR count). The molecular weight excluding hydrogens is 376 g/mol. The largest absolute Gasteiger partial charge is 0.343 e. The number of nitriles is 1. The monoisotopic (exact) mass is 402 g/mol. The van der Waals surface area contributed by atoms with Crippen LogP contribution >= 0.6 is 0 Å². The third kappa shape index (κ3) is 4.37. The molecule has 1 heterocycles. The molecule has 0 bridgehead atoms. The number of piperazine rings is 1. The van der Waals surface area contributed by atoms with Crippen LogP contribution in [-0.4, -0.2) is 54.3 Å². The highest BCUT2D eigenvalue weighted by Gasteiger charge is 2.49. The van der Waals surface area contributed by atoms with Gasteiger partial charge in [0.05, 0.1) is 23.9 Å². The van der Waals surface area contributed by atoms with Crippen LogP contribution in [0, 0.1) is 23.2 Å². The van der Waals surface area contributed by atoms with Gasteiger partial charge in [-0.2, -0.15) is 5.26 Å². The predicted octanol–water partition coefficient (Wildman–Crippen LogP) is 2.20. The van der Waals surface area contributed by atoms with Crippen molar-refractivity contribution in [3.05, 3.63) is 71.8 Å². The van der Waals surface area contributed by atoms with Crippen LogP contribution in [0.15, 0.2) is 60.7 Å². The fourth-order valence-electron chi connectivity index (χ4n) is 4.34. The Labute approximate surface area is 177 Å². The highest BCUT2D eigenvalue weighted by Crippen LogP contribution is 2.40. The molecule has 6 nitrogen and oxygen atoms in total. The standard InChI is InChI=1S/C24H26N4O2/c25-11-12-26-23(29)20-17-21(20)24(30)28-15-13-27(14-16-28)22(18-7-3-1-4-8-18)19-9-5-2-6-10-19/h1-10,20-22H,12-17H2,(H,26,29)/t20-,21-/m0/s1. The van der Waals surface area contributed by atoms with Crippen LogP contribution in [0.25, 0.3) is 0 Å². The van der Waals surface area contributed by atoms with Gasteiger partial charge in [-0.25, -0.2) is 0 Å². The Kier molecular flexibility index (Phi) is 6.10. The first-order valence-electron chi connectivity index (χ1n) is 10.5. The minimum atomic E-state index is -0.273. The van der Waals surface area contributed by atoms with Crippen molar-refractivity contribution in [3.8, 4) is 6.07 Å². The first kappa shape index (κ1) is 20.1. The molecule has 1 aliphatic carbocycles. The lowest BCUT2D eigenvalue weighted by molar-refractivity contribution is -0.136. The fraction of sp³-hybridized carbons (Fsp3) is 0.375. The third-order valence-corrected chi connectivity index (χ3v) is 6.01. The maximum atomic E-state index is 12.8. The summed E-state index contributed by atoms with van der Waals surface area (Å²) in [6.45, 7) is 2.90. The number of benzene rings is 2. The van der Waals surface area contributed by atoms with Crippen molar-refractivity contribution >= 4 is 11.8 Å². The summed E-state index contributed by atoms with van der Waals surface area (Å²) in [5.41, 5.74) is 2.50. The number of hydrogen-bond acceptors (Lipinski definition) is 4. The zero-order valence-corrected chi connectivity index (χ0v) is 16.9. The molecule has 0 unspecified atom stereocenters. The summed E-state index contributed by atoms with van der Waals surface area (Å²) in [4.78, 5) is 29.1. The van der Waals surface area contributed by atoms with Gasteiger partial charge in [0.25, 0.3) is 0 Å². The van der Waals surface area contributed by atoms with Gasteiger partial charge < -0.3 is 10.2 Å². The van der Waals surface area contributed by atoms with Crippen molar-refractivity contribution in [3.63, 3.8) is 0 Å². The molecule has 2 aromatic rings. The number of rotatable bonds is 6. The van der Waals surface area contributed by atoms with Gasteiger partial charge in [-0.3, -0.25) is 14.5 Å². The maximum Gasteiger partial charge on any atom is 0.226 e. The lowest BCUT2D eigenvalue weighted by atomic mass is 9.96. The van der Waals surface area contributed by atoms with Crippen LogP contribution in [0.2, 0.25) is 0 Å². The Bertz CT molecular complexity index is 878. The molecule has 6 heteroatoms. The molecule has 1 saturated carbocycles. The van der Waals surface area contributed by atoms with E-state index in [4.69, 9.17) is 5.26 Å². The molecule has 2 atom stereocenters. The number of nitrogens with one attached hydrogen (secondary N) is 1. The molecule has 2 fully saturated rings. The summed E-state index contributed by atoms with van der Waals surface area (Å²) < 4.78 is 0. The summed E-state index contributed by atoms with van der Waals surface area (Å²) in [5.74, 6) is -0.607. The average Bonchev–Trinajstić information content (AvgIpc) is 3.60. The van der Waals surface area contributed by atoms with Gasteiger partial charge in [-0.1, -0.05) is 60.7 Å². The Morgan fingerprint density at radius 3 is 2.03 bits per heavy atom. The van der Waals surface area contributed by atoms with E-state index in [0.717, 1.165) is 13.1 Å². The second-order valence-electron chi connectivity index (χ2n) is 7.91. The van der Waals surface area contributed by atoms with Crippen LogP contribution in [0.1, 0.15) is 23.6 Å². The summed E-state index contributed by atoms with van der Waals surface area (Å²) >= 11 is 0. The molecule has 1 aliphatic heterocycles. The molecule has 1 N–H and O–H groups in total. The fourth-order valence-corrected chi connectivity index (χ4v) is 4.34. The van der Waals surface area contributed by atoms with Gasteiger partial charge in [0, 0.05) is 26.2 Å². The second kappa shape index (κ2) is 9.10. The van der Waals surface area contributed by atoms with Crippen molar-refractivity contribution < 1.29 is 9.59 Å². The van der Waals surface area contributed by atoms with Gasteiger partial charge in [-0.15, -0.1) is 0 Å². The normalized spacial score (nSPS) is 21.1. The number of carbonyl (C=O) groups is 2. The molecule has 0 aromatic heterocycles. The lowest BCUT2D eigenvalue weighted by Gasteiger charge is -2.40. The zero-order valence-electron chi connectivity index (χ0n) is 16.9. The van der Waals surface area contributed by atoms with Crippen molar-refractivity contribution in [2.24, 2.45) is 11.8 Å².